The zero-order chi connectivity index (χ0) is 20.5. The molecular weight excluding hydrogens is 380 g/mol. The van der Waals surface area contributed by atoms with Gasteiger partial charge in [-0.2, -0.15) is 10.2 Å². The number of aromatic nitrogens is 4. The molecule has 1 unspecified atom stereocenters. The zero-order valence-corrected chi connectivity index (χ0v) is 17.8. The van der Waals surface area contributed by atoms with Crippen molar-refractivity contribution in [2.24, 2.45) is 0 Å². The summed E-state index contributed by atoms with van der Waals surface area (Å²) in [4.78, 5) is 0. The topological polar surface area (TPSA) is 63.3 Å². The summed E-state index contributed by atoms with van der Waals surface area (Å²) in [7, 11) is 0. The average Bonchev–Trinajstić information content (AvgIpc) is 3.38. The molecule has 0 saturated carbocycles. The lowest BCUT2D eigenvalue weighted by Crippen LogP contribution is -2.19. The smallest absolute Gasteiger partial charge is 0.150 e. The molecule has 3 atom stereocenters. The molecule has 3 aromatic rings. The molecule has 1 saturated heterocycles. The maximum absolute atomic E-state index is 6.19. The third kappa shape index (κ3) is 3.84. The minimum Gasteiger partial charge on any atom is -0.491 e. The van der Waals surface area contributed by atoms with Gasteiger partial charge >= 0.3 is 0 Å². The summed E-state index contributed by atoms with van der Waals surface area (Å²) >= 11 is 0. The van der Waals surface area contributed by atoms with E-state index < -0.39 is 0 Å². The highest BCUT2D eigenvalue weighted by atomic mass is 16.5. The van der Waals surface area contributed by atoms with Crippen LogP contribution in [-0.4, -0.2) is 45.5 Å². The molecule has 30 heavy (non-hydrogen) atoms. The summed E-state index contributed by atoms with van der Waals surface area (Å²) in [6.07, 6.45) is 9.13. The van der Waals surface area contributed by atoms with E-state index in [2.05, 4.69) is 42.0 Å². The second kappa shape index (κ2) is 8.40. The van der Waals surface area contributed by atoms with Crippen molar-refractivity contribution in [1.82, 2.24) is 19.6 Å². The minimum atomic E-state index is -0.0163. The second-order valence-electron chi connectivity index (χ2n) is 8.47. The molecule has 0 N–H and O–H groups in total. The van der Waals surface area contributed by atoms with Crippen molar-refractivity contribution >= 4 is 10.9 Å². The summed E-state index contributed by atoms with van der Waals surface area (Å²) in [5.41, 5.74) is 3.02. The molecule has 2 aliphatic rings. The van der Waals surface area contributed by atoms with Gasteiger partial charge in [-0.1, -0.05) is 0 Å². The van der Waals surface area contributed by atoms with Gasteiger partial charge in [-0.05, 0) is 57.7 Å². The van der Waals surface area contributed by atoms with Crippen LogP contribution in [0.3, 0.4) is 0 Å². The molecule has 0 aliphatic carbocycles. The molecule has 1 aromatic carbocycles. The first kappa shape index (κ1) is 19.6. The Hall–Kier alpha value is -2.38. The molecule has 4 bridgehead atoms. The van der Waals surface area contributed by atoms with Crippen molar-refractivity contribution < 1.29 is 14.2 Å². The highest BCUT2D eigenvalue weighted by Gasteiger charge is 2.23. The van der Waals surface area contributed by atoms with Crippen LogP contribution in [0.4, 0.5) is 0 Å². The molecule has 2 aliphatic heterocycles. The number of hydrogen-bond acceptors (Lipinski definition) is 5. The normalized spacial score (nSPS) is 25.6. The quantitative estimate of drug-likeness (QED) is 0.580. The second-order valence-corrected chi connectivity index (χ2v) is 8.47. The van der Waals surface area contributed by atoms with E-state index in [-0.39, 0.29) is 18.4 Å². The molecule has 0 spiro atoms. The molecular formula is C23H30N4O3. The van der Waals surface area contributed by atoms with Crippen LogP contribution in [0.25, 0.3) is 22.2 Å². The molecule has 2 aromatic heterocycles. The lowest BCUT2D eigenvalue weighted by molar-refractivity contribution is -0.0365. The van der Waals surface area contributed by atoms with Gasteiger partial charge in [0.25, 0.3) is 0 Å². The Morgan fingerprint density at radius 3 is 2.80 bits per heavy atom. The van der Waals surface area contributed by atoms with Crippen molar-refractivity contribution in [2.45, 2.75) is 64.3 Å². The van der Waals surface area contributed by atoms with Gasteiger partial charge in [-0.3, -0.25) is 4.68 Å². The Morgan fingerprint density at radius 1 is 1.03 bits per heavy atom. The van der Waals surface area contributed by atoms with Crippen LogP contribution in [0.1, 0.15) is 58.2 Å². The number of ether oxygens (including phenoxy) is 3. The van der Waals surface area contributed by atoms with Gasteiger partial charge in [-0.15, -0.1) is 0 Å². The molecule has 7 nitrogen and oxygen atoms in total. The number of nitrogens with zero attached hydrogens (tertiary/aromatic N) is 4. The van der Waals surface area contributed by atoms with E-state index in [1.807, 2.05) is 16.9 Å². The van der Waals surface area contributed by atoms with Crippen LogP contribution in [0.15, 0.2) is 30.6 Å². The van der Waals surface area contributed by atoms with Crippen molar-refractivity contribution in [3.8, 4) is 17.0 Å². The van der Waals surface area contributed by atoms with Gasteiger partial charge in [-0.25, -0.2) is 4.68 Å². The number of benzene rings is 1. The Kier molecular flexibility index (Phi) is 5.48. The molecule has 160 valence electrons. The van der Waals surface area contributed by atoms with Gasteiger partial charge < -0.3 is 14.2 Å². The Morgan fingerprint density at radius 2 is 1.93 bits per heavy atom. The van der Waals surface area contributed by atoms with Crippen LogP contribution in [0.5, 0.6) is 5.75 Å². The number of rotatable bonds is 1. The van der Waals surface area contributed by atoms with Crippen molar-refractivity contribution in [3.05, 3.63) is 30.6 Å². The highest BCUT2D eigenvalue weighted by Crippen LogP contribution is 2.35. The van der Waals surface area contributed by atoms with E-state index in [0.29, 0.717) is 13.2 Å². The third-order valence-corrected chi connectivity index (χ3v) is 6.12. The molecule has 0 amide bonds. The lowest BCUT2D eigenvalue weighted by atomic mass is 10.1. The first-order valence-electron chi connectivity index (χ1n) is 11.1. The van der Waals surface area contributed by atoms with Crippen LogP contribution in [0, 0.1) is 0 Å². The van der Waals surface area contributed by atoms with Gasteiger partial charge in [0, 0.05) is 36.8 Å². The summed E-state index contributed by atoms with van der Waals surface area (Å²) in [5, 5.41) is 10.7. The van der Waals surface area contributed by atoms with Crippen LogP contribution in [0.2, 0.25) is 0 Å². The maximum atomic E-state index is 6.19. The zero-order valence-electron chi connectivity index (χ0n) is 17.8. The molecule has 1 fully saturated rings. The SMILES string of the molecule is C[C@@H]1CCOCC[C@@H](C)n2cc(cn2)-c2nn(C3CCCCO3)c3ccc(cc23)O1. The number of hydrogen-bond donors (Lipinski definition) is 0. The van der Waals surface area contributed by atoms with Crippen LogP contribution < -0.4 is 4.74 Å². The fourth-order valence-electron chi connectivity index (χ4n) is 4.27. The molecule has 7 heteroatoms. The van der Waals surface area contributed by atoms with Gasteiger partial charge in [0.2, 0.25) is 0 Å². The standard InChI is InChI=1S/C23H30N4O3/c1-16-8-11-28-12-9-17(2)30-19-6-7-21-20(13-19)23(18-14-24-26(16)15-18)25-27(21)22-5-3-4-10-29-22/h6-7,13-17,22H,3-5,8-12H2,1-2H3/t16-,17-,22?/m1/s1. The van der Waals surface area contributed by atoms with E-state index in [0.717, 1.165) is 66.6 Å². The largest absolute Gasteiger partial charge is 0.491 e. The van der Waals surface area contributed by atoms with Crippen LogP contribution >= 0.6 is 0 Å². The average molecular weight is 411 g/mol. The van der Waals surface area contributed by atoms with Crippen molar-refractivity contribution in [2.75, 3.05) is 19.8 Å². The van der Waals surface area contributed by atoms with Crippen molar-refractivity contribution in [1.29, 1.82) is 0 Å². The summed E-state index contributed by atoms with van der Waals surface area (Å²) in [6, 6.07) is 6.51. The van der Waals surface area contributed by atoms with Crippen LogP contribution in [-0.2, 0) is 9.47 Å². The minimum absolute atomic E-state index is 0.0163. The monoisotopic (exact) mass is 410 g/mol. The molecule has 0 radical (unpaired) electrons. The van der Waals surface area contributed by atoms with E-state index >= 15 is 0 Å². The highest BCUT2D eigenvalue weighted by molar-refractivity contribution is 5.94. The summed E-state index contributed by atoms with van der Waals surface area (Å²) < 4.78 is 22.1. The molecule has 5 rings (SSSR count). The molecule has 4 heterocycles. The van der Waals surface area contributed by atoms with E-state index in [9.17, 15) is 0 Å². The van der Waals surface area contributed by atoms with Gasteiger partial charge in [0.1, 0.15) is 11.4 Å². The first-order chi connectivity index (χ1) is 14.7. The Bertz CT molecular complexity index is 1010. The van der Waals surface area contributed by atoms with E-state index in [1.54, 1.807) is 0 Å². The first-order valence-corrected chi connectivity index (χ1v) is 11.1. The van der Waals surface area contributed by atoms with Crippen molar-refractivity contribution in [3.63, 3.8) is 0 Å². The summed E-state index contributed by atoms with van der Waals surface area (Å²) in [6.45, 7) is 6.47. The fourth-order valence-corrected chi connectivity index (χ4v) is 4.27. The van der Waals surface area contributed by atoms with E-state index in [4.69, 9.17) is 19.3 Å². The predicted octanol–water partition coefficient (Wildman–Crippen LogP) is 4.74. The van der Waals surface area contributed by atoms with Gasteiger partial charge in [0.15, 0.2) is 6.23 Å². The lowest BCUT2D eigenvalue weighted by Gasteiger charge is -2.23. The predicted molar refractivity (Wildman–Crippen MR) is 115 cm³/mol. The Balaban J connectivity index is 1.61. The fraction of sp³-hybridized carbons (Fsp3) is 0.565. The van der Waals surface area contributed by atoms with Gasteiger partial charge in [0.05, 0.1) is 30.5 Å². The third-order valence-electron chi connectivity index (χ3n) is 6.12. The maximum Gasteiger partial charge on any atom is 0.150 e. The Labute approximate surface area is 176 Å². The number of fused-ring (bicyclic) bond motifs is 4. The summed E-state index contributed by atoms with van der Waals surface area (Å²) in [5.74, 6) is 0.857. The van der Waals surface area contributed by atoms with E-state index in [1.165, 1.54) is 0 Å².